The number of carbonyl (C=O) groups excluding carboxylic acids is 1. The van der Waals surface area contributed by atoms with Gasteiger partial charge in [-0.25, -0.2) is 4.98 Å². The molecule has 4 nitrogen and oxygen atoms in total. The number of amides is 1. The van der Waals surface area contributed by atoms with Gasteiger partial charge in [0.1, 0.15) is 5.82 Å². The lowest BCUT2D eigenvalue weighted by molar-refractivity contribution is 0.0938. The molecule has 0 aliphatic rings. The lowest BCUT2D eigenvalue weighted by atomic mass is 10.2. The molecule has 4 rings (SSSR count). The molecule has 1 atom stereocenters. The molecule has 1 N–H and O–H groups in total. The molecule has 1 heterocycles. The van der Waals surface area contributed by atoms with Crippen LogP contribution in [0.2, 0.25) is 0 Å². The summed E-state index contributed by atoms with van der Waals surface area (Å²) in [5.74, 6) is 0.755. The van der Waals surface area contributed by atoms with E-state index in [1.54, 1.807) is 0 Å². The van der Waals surface area contributed by atoms with Crippen molar-refractivity contribution in [2.24, 2.45) is 0 Å². The number of carbonyl (C=O) groups is 1. The number of hydrogen-bond donors (Lipinski definition) is 1. The third-order valence-electron chi connectivity index (χ3n) is 4.64. The largest absolute Gasteiger partial charge is 0.342 e. The molecule has 27 heavy (non-hydrogen) atoms. The van der Waals surface area contributed by atoms with Gasteiger partial charge in [-0.2, -0.15) is 0 Å². The maximum absolute atomic E-state index is 12.6. The summed E-state index contributed by atoms with van der Waals surface area (Å²) >= 11 is 0. The zero-order chi connectivity index (χ0) is 18.6. The van der Waals surface area contributed by atoms with Gasteiger partial charge in [-0.3, -0.25) is 4.79 Å². The van der Waals surface area contributed by atoms with E-state index in [4.69, 9.17) is 4.98 Å². The van der Waals surface area contributed by atoms with Crippen LogP contribution in [0.4, 0.5) is 0 Å². The van der Waals surface area contributed by atoms with Gasteiger partial charge in [0.15, 0.2) is 0 Å². The second-order valence-electron chi connectivity index (χ2n) is 6.59. The Balaban J connectivity index is 1.68. The minimum atomic E-state index is -0.214. The maximum atomic E-state index is 12.6. The fourth-order valence-electron chi connectivity index (χ4n) is 3.29. The molecule has 1 aromatic heterocycles. The van der Waals surface area contributed by atoms with Crippen molar-refractivity contribution in [3.8, 4) is 0 Å². The molecule has 1 amide bonds. The number of fused-ring (bicyclic) bond motifs is 1. The highest BCUT2D eigenvalue weighted by atomic mass is 16.1. The van der Waals surface area contributed by atoms with Crippen LogP contribution in [0.5, 0.6) is 0 Å². The molecular weight excluding hydrogens is 334 g/mol. The molecule has 0 radical (unpaired) electrons. The summed E-state index contributed by atoms with van der Waals surface area (Å²) in [5.41, 5.74) is 3.85. The van der Waals surface area contributed by atoms with Gasteiger partial charge in [-0.15, -0.1) is 0 Å². The van der Waals surface area contributed by atoms with Gasteiger partial charge in [0, 0.05) is 12.1 Å². The summed E-state index contributed by atoms with van der Waals surface area (Å²) in [4.78, 5) is 17.4. The molecule has 0 aliphatic heterocycles. The number of benzene rings is 3. The topological polar surface area (TPSA) is 46.9 Å². The van der Waals surface area contributed by atoms with E-state index >= 15 is 0 Å². The molecule has 0 bridgehead atoms. The fourth-order valence-corrected chi connectivity index (χ4v) is 3.29. The number of hydrogen-bond acceptors (Lipinski definition) is 2. The highest BCUT2D eigenvalue weighted by molar-refractivity contribution is 5.94. The van der Waals surface area contributed by atoms with Crippen LogP contribution in [0, 0.1) is 0 Å². The van der Waals surface area contributed by atoms with Gasteiger partial charge in [-0.05, 0) is 36.8 Å². The van der Waals surface area contributed by atoms with Crippen molar-refractivity contribution >= 4 is 16.9 Å². The number of aromatic nitrogens is 2. The Bertz CT molecular complexity index is 1050. The van der Waals surface area contributed by atoms with Gasteiger partial charge >= 0.3 is 0 Å². The number of nitrogens with zero attached hydrogens (tertiary/aromatic N) is 2. The smallest absolute Gasteiger partial charge is 0.251 e. The van der Waals surface area contributed by atoms with Gasteiger partial charge in [0.05, 0.1) is 17.1 Å². The molecule has 4 aromatic rings. The number of para-hydroxylation sites is 2. The minimum Gasteiger partial charge on any atom is -0.342 e. The highest BCUT2D eigenvalue weighted by Crippen LogP contribution is 2.22. The first kappa shape index (κ1) is 17.0. The summed E-state index contributed by atoms with van der Waals surface area (Å²) in [5, 5.41) is 3.08. The second kappa shape index (κ2) is 7.46. The van der Waals surface area contributed by atoms with E-state index in [0.717, 1.165) is 16.9 Å². The molecular formula is C23H21N3O. The normalized spacial score (nSPS) is 12.0. The van der Waals surface area contributed by atoms with Crippen molar-refractivity contribution in [1.29, 1.82) is 0 Å². The Morgan fingerprint density at radius 1 is 0.926 bits per heavy atom. The Hall–Kier alpha value is -3.40. The quantitative estimate of drug-likeness (QED) is 0.570. The zero-order valence-corrected chi connectivity index (χ0v) is 15.2. The third kappa shape index (κ3) is 3.60. The van der Waals surface area contributed by atoms with Crippen molar-refractivity contribution in [3.05, 3.63) is 102 Å². The summed E-state index contributed by atoms with van der Waals surface area (Å²) in [6, 6.07) is 27.4. The van der Waals surface area contributed by atoms with E-state index in [9.17, 15) is 4.79 Å². The molecule has 134 valence electrons. The number of rotatable bonds is 5. The van der Waals surface area contributed by atoms with Gasteiger partial charge in [-0.1, -0.05) is 60.7 Å². The van der Waals surface area contributed by atoms with E-state index in [2.05, 4.69) is 28.1 Å². The van der Waals surface area contributed by atoms with E-state index in [1.165, 1.54) is 5.56 Å². The van der Waals surface area contributed by atoms with Crippen LogP contribution in [0.25, 0.3) is 11.0 Å². The Morgan fingerprint density at radius 2 is 1.56 bits per heavy atom. The van der Waals surface area contributed by atoms with Gasteiger partial charge in [0.25, 0.3) is 5.91 Å². The molecule has 0 fully saturated rings. The van der Waals surface area contributed by atoms with Crippen LogP contribution in [-0.2, 0) is 6.54 Å². The summed E-state index contributed by atoms with van der Waals surface area (Å²) in [7, 11) is 0. The summed E-state index contributed by atoms with van der Waals surface area (Å²) in [6.45, 7) is 2.69. The predicted molar refractivity (Wildman–Crippen MR) is 108 cm³/mol. The minimum absolute atomic E-state index is 0.0959. The average Bonchev–Trinajstić information content (AvgIpc) is 3.08. The number of imidazole rings is 1. The molecule has 0 spiro atoms. The van der Waals surface area contributed by atoms with E-state index in [-0.39, 0.29) is 11.9 Å². The SMILES string of the molecule is C[C@@H](NC(=O)c1ccccc1)c1nc2ccccc2n1Cc1ccccc1. The van der Waals surface area contributed by atoms with Crippen molar-refractivity contribution in [1.82, 2.24) is 14.9 Å². The highest BCUT2D eigenvalue weighted by Gasteiger charge is 2.19. The third-order valence-corrected chi connectivity index (χ3v) is 4.64. The number of nitrogens with one attached hydrogen (secondary N) is 1. The van der Waals surface area contributed by atoms with Crippen LogP contribution < -0.4 is 5.32 Å². The standard InChI is InChI=1S/C23H21N3O/c1-17(24-23(27)19-12-6-3-7-13-19)22-25-20-14-8-9-15-21(20)26(22)16-18-10-4-2-5-11-18/h2-15,17H,16H2,1H3,(H,24,27)/t17-/m1/s1. The van der Waals surface area contributed by atoms with E-state index in [1.807, 2.05) is 73.7 Å². The average molecular weight is 355 g/mol. The summed E-state index contributed by atoms with van der Waals surface area (Å²) < 4.78 is 2.18. The monoisotopic (exact) mass is 355 g/mol. The van der Waals surface area contributed by atoms with Gasteiger partial charge in [0.2, 0.25) is 0 Å². The van der Waals surface area contributed by atoms with Crippen LogP contribution in [0.1, 0.15) is 34.7 Å². The first-order valence-corrected chi connectivity index (χ1v) is 9.07. The second-order valence-corrected chi connectivity index (χ2v) is 6.59. The Morgan fingerprint density at radius 3 is 2.30 bits per heavy atom. The Labute approximate surface area is 158 Å². The first-order chi connectivity index (χ1) is 13.2. The van der Waals surface area contributed by atoms with Crippen LogP contribution >= 0.6 is 0 Å². The molecule has 0 saturated carbocycles. The molecule has 0 aliphatic carbocycles. The lowest BCUT2D eigenvalue weighted by Crippen LogP contribution is -2.28. The lowest BCUT2D eigenvalue weighted by Gasteiger charge is -2.16. The van der Waals surface area contributed by atoms with Gasteiger partial charge < -0.3 is 9.88 Å². The van der Waals surface area contributed by atoms with Crippen molar-refractivity contribution in [2.45, 2.75) is 19.5 Å². The zero-order valence-electron chi connectivity index (χ0n) is 15.2. The first-order valence-electron chi connectivity index (χ1n) is 9.07. The van der Waals surface area contributed by atoms with Crippen molar-refractivity contribution in [2.75, 3.05) is 0 Å². The predicted octanol–water partition coefficient (Wildman–Crippen LogP) is 4.58. The van der Waals surface area contributed by atoms with Crippen LogP contribution in [0.3, 0.4) is 0 Å². The summed E-state index contributed by atoms with van der Waals surface area (Å²) in [6.07, 6.45) is 0. The van der Waals surface area contributed by atoms with Crippen molar-refractivity contribution < 1.29 is 4.79 Å². The molecule has 4 heteroatoms. The van der Waals surface area contributed by atoms with Crippen molar-refractivity contribution in [3.63, 3.8) is 0 Å². The van der Waals surface area contributed by atoms with E-state index in [0.29, 0.717) is 12.1 Å². The fraction of sp³-hybridized carbons (Fsp3) is 0.130. The molecule has 3 aromatic carbocycles. The maximum Gasteiger partial charge on any atom is 0.251 e. The van der Waals surface area contributed by atoms with Crippen LogP contribution in [-0.4, -0.2) is 15.5 Å². The Kier molecular flexibility index (Phi) is 4.71. The molecule has 0 saturated heterocycles. The molecule has 0 unspecified atom stereocenters. The van der Waals surface area contributed by atoms with E-state index < -0.39 is 0 Å². The van der Waals surface area contributed by atoms with Crippen LogP contribution in [0.15, 0.2) is 84.9 Å².